The third-order valence-electron chi connectivity index (χ3n) is 4.91. The van der Waals surface area contributed by atoms with Crippen LogP contribution in [-0.4, -0.2) is 42.5 Å². The standard InChI is InChI=1S/C20H27N5O4/c1-5-13(2)21-19-22-17-16(18(27)24(4)20(28)23(17)3)25(19)11-14(26)12-29-15-9-7-6-8-10-15/h6-10,13-14,26H,5,11-12H2,1-4H3,(H,21,22). The SMILES string of the molecule is CCC(C)Nc1nc2c(c(=O)n(C)c(=O)n2C)n1CC(O)COc1ccccc1. The van der Waals surface area contributed by atoms with Gasteiger partial charge in [0.15, 0.2) is 11.2 Å². The number of aliphatic hydroxyl groups is 1. The van der Waals surface area contributed by atoms with Crippen LogP contribution >= 0.6 is 0 Å². The van der Waals surface area contributed by atoms with Gasteiger partial charge >= 0.3 is 5.69 Å². The van der Waals surface area contributed by atoms with Crippen LogP contribution in [0.3, 0.4) is 0 Å². The summed E-state index contributed by atoms with van der Waals surface area (Å²) < 4.78 is 9.63. The Morgan fingerprint density at radius 1 is 1.17 bits per heavy atom. The van der Waals surface area contributed by atoms with Crippen LogP contribution in [0.1, 0.15) is 20.3 Å². The second-order valence-corrected chi connectivity index (χ2v) is 7.16. The zero-order valence-electron chi connectivity index (χ0n) is 17.1. The van der Waals surface area contributed by atoms with Crippen molar-refractivity contribution in [2.75, 3.05) is 11.9 Å². The fourth-order valence-corrected chi connectivity index (χ4v) is 3.03. The first-order chi connectivity index (χ1) is 13.8. The van der Waals surface area contributed by atoms with Crippen LogP contribution in [0.2, 0.25) is 0 Å². The molecular formula is C20H27N5O4. The van der Waals surface area contributed by atoms with Crippen molar-refractivity contribution in [3.05, 3.63) is 51.2 Å². The zero-order valence-corrected chi connectivity index (χ0v) is 17.1. The number of rotatable bonds is 8. The average Bonchev–Trinajstić information content (AvgIpc) is 3.07. The summed E-state index contributed by atoms with van der Waals surface area (Å²) in [7, 11) is 3.00. The van der Waals surface area contributed by atoms with Crippen molar-refractivity contribution in [3.63, 3.8) is 0 Å². The maximum Gasteiger partial charge on any atom is 0.332 e. The maximum atomic E-state index is 12.8. The van der Waals surface area contributed by atoms with Gasteiger partial charge in [-0.05, 0) is 25.5 Å². The molecule has 156 valence electrons. The maximum absolute atomic E-state index is 12.8. The number of aliphatic hydroxyl groups excluding tert-OH is 1. The van der Waals surface area contributed by atoms with Gasteiger partial charge in [0, 0.05) is 20.1 Å². The van der Waals surface area contributed by atoms with Crippen LogP contribution in [0.4, 0.5) is 5.95 Å². The van der Waals surface area contributed by atoms with Crippen LogP contribution in [0.5, 0.6) is 5.75 Å². The fourth-order valence-electron chi connectivity index (χ4n) is 3.03. The first-order valence-electron chi connectivity index (χ1n) is 9.62. The molecule has 0 amide bonds. The molecule has 2 heterocycles. The van der Waals surface area contributed by atoms with Gasteiger partial charge in [-0.2, -0.15) is 4.98 Å². The van der Waals surface area contributed by atoms with Crippen LogP contribution < -0.4 is 21.3 Å². The van der Waals surface area contributed by atoms with E-state index in [0.717, 1.165) is 11.0 Å². The fraction of sp³-hybridized carbons (Fsp3) is 0.450. The van der Waals surface area contributed by atoms with E-state index in [1.54, 1.807) is 23.7 Å². The summed E-state index contributed by atoms with van der Waals surface area (Å²) in [4.78, 5) is 29.6. The van der Waals surface area contributed by atoms with E-state index in [0.29, 0.717) is 11.7 Å². The van der Waals surface area contributed by atoms with Gasteiger partial charge in [-0.3, -0.25) is 13.9 Å². The zero-order chi connectivity index (χ0) is 21.1. The van der Waals surface area contributed by atoms with E-state index >= 15 is 0 Å². The molecule has 0 saturated heterocycles. The Morgan fingerprint density at radius 2 is 1.86 bits per heavy atom. The molecule has 0 fully saturated rings. The summed E-state index contributed by atoms with van der Waals surface area (Å²) in [5, 5.41) is 13.8. The number of hydrogen-bond acceptors (Lipinski definition) is 6. The summed E-state index contributed by atoms with van der Waals surface area (Å²) in [5.74, 6) is 1.09. The molecule has 0 radical (unpaired) electrons. The molecule has 0 aliphatic carbocycles. The monoisotopic (exact) mass is 401 g/mol. The number of nitrogens with one attached hydrogen (secondary N) is 1. The topological polar surface area (TPSA) is 103 Å². The molecule has 0 aliphatic heterocycles. The van der Waals surface area contributed by atoms with Crippen LogP contribution in [0.25, 0.3) is 11.2 Å². The van der Waals surface area contributed by atoms with Gasteiger partial charge in [-0.15, -0.1) is 0 Å². The van der Waals surface area contributed by atoms with Crippen molar-refractivity contribution < 1.29 is 9.84 Å². The van der Waals surface area contributed by atoms with E-state index < -0.39 is 17.4 Å². The van der Waals surface area contributed by atoms with Crippen molar-refractivity contribution in [2.45, 2.75) is 39.0 Å². The number of imidazole rings is 1. The minimum absolute atomic E-state index is 0.0541. The Morgan fingerprint density at radius 3 is 2.52 bits per heavy atom. The molecule has 0 spiro atoms. The Balaban J connectivity index is 1.98. The van der Waals surface area contributed by atoms with Gasteiger partial charge < -0.3 is 19.7 Å². The molecule has 9 nitrogen and oxygen atoms in total. The lowest BCUT2D eigenvalue weighted by atomic mass is 10.3. The van der Waals surface area contributed by atoms with E-state index in [-0.39, 0.29) is 30.4 Å². The third kappa shape index (κ3) is 4.19. The highest BCUT2D eigenvalue weighted by atomic mass is 16.5. The van der Waals surface area contributed by atoms with Gasteiger partial charge in [-0.25, -0.2) is 4.79 Å². The Hall–Kier alpha value is -3.07. The van der Waals surface area contributed by atoms with E-state index in [9.17, 15) is 14.7 Å². The summed E-state index contributed by atoms with van der Waals surface area (Å²) >= 11 is 0. The van der Waals surface area contributed by atoms with Gasteiger partial charge in [0.2, 0.25) is 5.95 Å². The van der Waals surface area contributed by atoms with E-state index in [1.807, 2.05) is 32.0 Å². The van der Waals surface area contributed by atoms with Gasteiger partial charge in [0.25, 0.3) is 5.56 Å². The molecule has 0 bridgehead atoms. The van der Waals surface area contributed by atoms with Crippen molar-refractivity contribution in [1.29, 1.82) is 0 Å². The lowest BCUT2D eigenvalue weighted by Gasteiger charge is -2.18. The van der Waals surface area contributed by atoms with Gasteiger partial charge in [0.1, 0.15) is 18.5 Å². The van der Waals surface area contributed by atoms with Crippen LogP contribution in [0, 0.1) is 0 Å². The van der Waals surface area contributed by atoms with Crippen molar-refractivity contribution in [2.24, 2.45) is 14.1 Å². The minimum Gasteiger partial charge on any atom is -0.491 e. The molecule has 2 atom stereocenters. The molecule has 1 aromatic carbocycles. The number of hydrogen-bond donors (Lipinski definition) is 2. The lowest BCUT2D eigenvalue weighted by molar-refractivity contribution is 0.0938. The first kappa shape index (κ1) is 20.7. The first-order valence-corrected chi connectivity index (χ1v) is 9.62. The number of aryl methyl sites for hydroxylation is 1. The highest BCUT2D eigenvalue weighted by Crippen LogP contribution is 2.18. The Labute approximate surface area is 168 Å². The molecule has 2 unspecified atom stereocenters. The predicted molar refractivity (Wildman–Crippen MR) is 112 cm³/mol. The highest BCUT2D eigenvalue weighted by Gasteiger charge is 2.21. The van der Waals surface area contributed by atoms with Crippen LogP contribution in [0.15, 0.2) is 39.9 Å². The van der Waals surface area contributed by atoms with Gasteiger partial charge in [0.05, 0.1) is 6.54 Å². The molecule has 2 N–H and O–H groups in total. The minimum atomic E-state index is -0.882. The highest BCUT2D eigenvalue weighted by molar-refractivity contribution is 5.74. The predicted octanol–water partition coefficient (Wildman–Crippen LogP) is 1.08. The normalized spacial score (nSPS) is 13.4. The molecule has 0 saturated carbocycles. The smallest absolute Gasteiger partial charge is 0.332 e. The number of para-hydroxylation sites is 1. The largest absolute Gasteiger partial charge is 0.491 e. The quantitative estimate of drug-likeness (QED) is 0.586. The summed E-state index contributed by atoms with van der Waals surface area (Å²) in [5.41, 5.74) is -0.363. The van der Waals surface area contributed by atoms with Gasteiger partial charge in [-0.1, -0.05) is 25.1 Å². The summed E-state index contributed by atoms with van der Waals surface area (Å²) in [6, 6.07) is 9.30. The van der Waals surface area contributed by atoms with Crippen LogP contribution in [-0.2, 0) is 20.6 Å². The van der Waals surface area contributed by atoms with E-state index in [1.165, 1.54) is 11.6 Å². The number of benzene rings is 1. The Bertz CT molecular complexity index is 1100. The lowest BCUT2D eigenvalue weighted by Crippen LogP contribution is -2.38. The number of ether oxygens (including phenoxy) is 1. The average molecular weight is 401 g/mol. The van der Waals surface area contributed by atoms with Crippen molar-refractivity contribution in [1.82, 2.24) is 18.7 Å². The van der Waals surface area contributed by atoms with E-state index in [4.69, 9.17) is 4.74 Å². The summed E-state index contributed by atoms with van der Waals surface area (Å²) in [6.07, 6.45) is -0.0353. The molecule has 0 aliphatic rings. The molecule has 3 rings (SSSR count). The molecule has 3 aromatic rings. The summed E-state index contributed by atoms with van der Waals surface area (Å²) in [6.45, 7) is 4.17. The second kappa shape index (κ2) is 8.52. The number of anilines is 1. The third-order valence-corrected chi connectivity index (χ3v) is 4.91. The van der Waals surface area contributed by atoms with Crippen molar-refractivity contribution in [3.8, 4) is 5.75 Å². The van der Waals surface area contributed by atoms with Crippen molar-refractivity contribution >= 4 is 17.1 Å². The molecule has 2 aromatic heterocycles. The molecule has 29 heavy (non-hydrogen) atoms. The number of aromatic nitrogens is 4. The second-order valence-electron chi connectivity index (χ2n) is 7.16. The number of fused-ring (bicyclic) bond motifs is 1. The molecular weight excluding hydrogens is 374 g/mol. The van der Waals surface area contributed by atoms with E-state index in [2.05, 4.69) is 10.3 Å². The number of nitrogens with zero attached hydrogens (tertiary/aromatic N) is 4. The Kier molecular flexibility index (Phi) is 6.07. The molecule has 9 heteroatoms.